The van der Waals surface area contributed by atoms with E-state index in [1.807, 2.05) is 63.2 Å². The van der Waals surface area contributed by atoms with Crippen LogP contribution in [0, 0.1) is 6.57 Å². The number of carbonyl (C=O) groups excluding carboxylic acids is 1. The number of ketones is 1. The fourth-order valence-corrected chi connectivity index (χ4v) is 4.52. The standard InChI is InChI=1S/C25H21N5O2/c1-12(2)32-24-20-19(21(27-4)13(3)28-23(20)29-25(26)30-24)16-10-7-11-17-18(16)14-8-5-6-9-15(14)22(17)31/h5-12,19H,1-3H3,(H3,26,28,29,30). The van der Waals surface area contributed by atoms with Gasteiger partial charge in [0.1, 0.15) is 5.82 Å². The zero-order valence-corrected chi connectivity index (χ0v) is 17.9. The normalized spacial score (nSPS) is 16.2. The molecule has 0 fully saturated rings. The van der Waals surface area contributed by atoms with E-state index in [1.165, 1.54) is 0 Å². The molecule has 7 nitrogen and oxygen atoms in total. The topological polar surface area (TPSA) is 94.5 Å². The number of nitrogens with one attached hydrogen (secondary N) is 1. The second kappa shape index (κ2) is 7.20. The Hall–Kier alpha value is -4.18. The summed E-state index contributed by atoms with van der Waals surface area (Å²) in [5.41, 5.74) is 11.6. The lowest BCUT2D eigenvalue weighted by Crippen LogP contribution is -2.22. The summed E-state index contributed by atoms with van der Waals surface area (Å²) in [6.45, 7) is 13.6. The summed E-state index contributed by atoms with van der Waals surface area (Å²) in [7, 11) is 0. The van der Waals surface area contributed by atoms with Gasteiger partial charge < -0.3 is 15.8 Å². The quantitative estimate of drug-likeness (QED) is 0.461. The Bertz CT molecular complexity index is 1370. The Morgan fingerprint density at radius 2 is 1.81 bits per heavy atom. The molecule has 0 amide bonds. The van der Waals surface area contributed by atoms with Crippen LogP contribution >= 0.6 is 0 Å². The lowest BCUT2D eigenvalue weighted by molar-refractivity contribution is 0.104. The van der Waals surface area contributed by atoms with E-state index in [1.54, 1.807) is 0 Å². The van der Waals surface area contributed by atoms with Crippen molar-refractivity contribution in [3.63, 3.8) is 0 Å². The summed E-state index contributed by atoms with van der Waals surface area (Å²) in [4.78, 5) is 25.7. The molecule has 2 aromatic carbocycles. The molecule has 0 radical (unpaired) electrons. The van der Waals surface area contributed by atoms with Gasteiger partial charge in [0.15, 0.2) is 11.5 Å². The number of rotatable bonds is 3. The van der Waals surface area contributed by atoms with E-state index < -0.39 is 5.92 Å². The van der Waals surface area contributed by atoms with E-state index in [-0.39, 0.29) is 17.8 Å². The van der Waals surface area contributed by atoms with Crippen molar-refractivity contribution in [3.8, 4) is 17.0 Å². The van der Waals surface area contributed by atoms with E-state index in [9.17, 15) is 4.79 Å². The number of aromatic nitrogens is 2. The van der Waals surface area contributed by atoms with Crippen molar-refractivity contribution >= 4 is 17.5 Å². The van der Waals surface area contributed by atoms with Crippen molar-refractivity contribution in [3.05, 3.63) is 87.5 Å². The minimum Gasteiger partial charge on any atom is -0.475 e. The van der Waals surface area contributed by atoms with Crippen molar-refractivity contribution in [2.24, 2.45) is 0 Å². The zero-order valence-electron chi connectivity index (χ0n) is 17.9. The van der Waals surface area contributed by atoms with Crippen LogP contribution in [-0.2, 0) is 0 Å². The number of hydrogen-bond donors (Lipinski definition) is 2. The Balaban J connectivity index is 1.84. The summed E-state index contributed by atoms with van der Waals surface area (Å²) >= 11 is 0. The number of nitrogen functional groups attached to an aromatic ring is 1. The van der Waals surface area contributed by atoms with Gasteiger partial charge in [0.2, 0.25) is 11.8 Å². The molecule has 0 spiro atoms. The third-order valence-corrected chi connectivity index (χ3v) is 5.74. The van der Waals surface area contributed by atoms with Gasteiger partial charge in [-0.15, -0.1) is 0 Å². The van der Waals surface area contributed by atoms with Gasteiger partial charge in [0.05, 0.1) is 24.2 Å². The highest BCUT2D eigenvalue weighted by Gasteiger charge is 2.38. The van der Waals surface area contributed by atoms with Gasteiger partial charge in [0, 0.05) is 16.8 Å². The smallest absolute Gasteiger partial charge is 0.225 e. The number of nitrogens with two attached hydrogens (primary N) is 1. The van der Waals surface area contributed by atoms with Crippen LogP contribution in [0.2, 0.25) is 0 Å². The van der Waals surface area contributed by atoms with Crippen LogP contribution in [0.1, 0.15) is 53.7 Å². The molecule has 1 aliphatic carbocycles. The molecule has 158 valence electrons. The monoisotopic (exact) mass is 423 g/mol. The molecule has 7 heteroatoms. The first-order chi connectivity index (χ1) is 15.4. The second-order valence-electron chi connectivity index (χ2n) is 8.14. The first-order valence-electron chi connectivity index (χ1n) is 10.4. The molecular weight excluding hydrogens is 402 g/mol. The maximum Gasteiger partial charge on any atom is 0.225 e. The van der Waals surface area contributed by atoms with Crippen LogP contribution in [0.4, 0.5) is 11.8 Å². The summed E-state index contributed by atoms with van der Waals surface area (Å²) in [6.07, 6.45) is -0.152. The predicted molar refractivity (Wildman–Crippen MR) is 122 cm³/mol. The Labute approximate surface area is 185 Å². The Kier molecular flexibility index (Phi) is 4.45. The number of fused-ring (bicyclic) bond motifs is 4. The molecule has 1 unspecified atom stereocenters. The molecule has 0 saturated heterocycles. The molecule has 1 aromatic heterocycles. The van der Waals surface area contributed by atoms with Crippen LogP contribution in [0.15, 0.2) is 53.9 Å². The van der Waals surface area contributed by atoms with Gasteiger partial charge in [-0.05, 0) is 37.5 Å². The number of allylic oxidation sites excluding steroid dienone is 2. The van der Waals surface area contributed by atoms with Gasteiger partial charge in [-0.25, -0.2) is 4.85 Å². The minimum absolute atomic E-state index is 0.0103. The zero-order chi connectivity index (χ0) is 22.6. The molecule has 32 heavy (non-hydrogen) atoms. The van der Waals surface area contributed by atoms with Crippen LogP contribution < -0.4 is 15.8 Å². The molecule has 1 atom stereocenters. The highest BCUT2D eigenvalue weighted by molar-refractivity contribution is 6.22. The first-order valence-corrected chi connectivity index (χ1v) is 10.4. The third kappa shape index (κ3) is 2.84. The number of hydrogen-bond acceptors (Lipinski definition) is 6. The molecule has 1 aliphatic heterocycles. The van der Waals surface area contributed by atoms with Crippen molar-refractivity contribution < 1.29 is 9.53 Å². The average Bonchev–Trinajstić information content (AvgIpc) is 3.05. The van der Waals surface area contributed by atoms with E-state index in [0.29, 0.717) is 39.8 Å². The molecule has 0 bridgehead atoms. The Morgan fingerprint density at radius 1 is 1.09 bits per heavy atom. The van der Waals surface area contributed by atoms with Crippen LogP contribution in [0.25, 0.3) is 16.0 Å². The summed E-state index contributed by atoms with van der Waals surface area (Å²) in [6, 6.07) is 13.2. The van der Waals surface area contributed by atoms with E-state index in [0.717, 1.165) is 16.7 Å². The van der Waals surface area contributed by atoms with E-state index >= 15 is 0 Å². The minimum atomic E-state index is -0.507. The molecule has 2 heterocycles. The molecule has 3 aromatic rings. The highest BCUT2D eigenvalue weighted by atomic mass is 16.5. The molecule has 5 rings (SSSR count). The lowest BCUT2D eigenvalue weighted by atomic mass is 9.82. The van der Waals surface area contributed by atoms with Crippen LogP contribution in [0.3, 0.4) is 0 Å². The van der Waals surface area contributed by atoms with Gasteiger partial charge in [-0.1, -0.05) is 42.5 Å². The van der Waals surface area contributed by atoms with Crippen molar-refractivity contribution in [2.45, 2.75) is 32.8 Å². The fourth-order valence-electron chi connectivity index (χ4n) is 4.52. The number of carbonyl (C=O) groups is 1. The van der Waals surface area contributed by atoms with Crippen molar-refractivity contribution in [2.75, 3.05) is 11.1 Å². The number of benzene rings is 2. The lowest BCUT2D eigenvalue weighted by Gasteiger charge is -2.30. The van der Waals surface area contributed by atoms with Crippen molar-refractivity contribution in [1.29, 1.82) is 0 Å². The number of nitrogens with zero attached hydrogens (tertiary/aromatic N) is 3. The van der Waals surface area contributed by atoms with Gasteiger partial charge in [-0.2, -0.15) is 9.97 Å². The van der Waals surface area contributed by atoms with Crippen LogP contribution in [0.5, 0.6) is 5.88 Å². The van der Waals surface area contributed by atoms with Gasteiger partial charge in [0.25, 0.3) is 0 Å². The molecular formula is C25H21N5O2. The maximum atomic E-state index is 13.1. The average molecular weight is 423 g/mol. The summed E-state index contributed by atoms with van der Waals surface area (Å²) in [5, 5.41) is 3.20. The molecule has 0 saturated carbocycles. The van der Waals surface area contributed by atoms with Gasteiger partial charge in [-0.3, -0.25) is 4.79 Å². The summed E-state index contributed by atoms with van der Waals surface area (Å²) in [5.74, 6) is 0.418. The summed E-state index contributed by atoms with van der Waals surface area (Å²) < 4.78 is 6.02. The predicted octanol–water partition coefficient (Wildman–Crippen LogP) is 4.77. The van der Waals surface area contributed by atoms with Crippen molar-refractivity contribution in [1.82, 2.24) is 9.97 Å². The second-order valence-corrected chi connectivity index (χ2v) is 8.14. The number of ether oxygens (including phenoxy) is 1. The molecule has 3 N–H and O–H groups in total. The third-order valence-electron chi connectivity index (χ3n) is 5.74. The maximum absolute atomic E-state index is 13.1. The molecule has 2 aliphatic rings. The van der Waals surface area contributed by atoms with Crippen LogP contribution in [-0.4, -0.2) is 21.9 Å². The fraction of sp³-hybridized carbons (Fsp3) is 0.200. The highest BCUT2D eigenvalue weighted by Crippen LogP contribution is 2.50. The Morgan fingerprint density at radius 3 is 2.53 bits per heavy atom. The number of anilines is 2. The van der Waals surface area contributed by atoms with E-state index in [2.05, 4.69) is 20.1 Å². The largest absolute Gasteiger partial charge is 0.475 e. The first kappa shape index (κ1) is 19.8. The van der Waals surface area contributed by atoms with Gasteiger partial charge >= 0.3 is 0 Å². The van der Waals surface area contributed by atoms with E-state index in [4.69, 9.17) is 17.0 Å². The SMILES string of the molecule is [C-]#[N+]C1=C(C)Nc2nc(N)nc(OC(C)C)c2C1c1cccc2c1-c1ccccc1C2=O.